The van der Waals surface area contributed by atoms with Crippen LogP contribution in [0.2, 0.25) is 0 Å². The van der Waals surface area contributed by atoms with Gasteiger partial charge in [-0.05, 0) is 19.4 Å². The van der Waals surface area contributed by atoms with E-state index in [9.17, 15) is 9.13 Å². The maximum atomic E-state index is 10.2. The van der Waals surface area contributed by atoms with Crippen molar-refractivity contribution in [1.29, 1.82) is 0 Å². The molecule has 58 valence electrons. The second-order valence-electron chi connectivity index (χ2n) is 1.85. The molecule has 0 amide bonds. The molecule has 6 heteroatoms. The average molecular weight is 181 g/mol. The van der Waals surface area contributed by atoms with Crippen LogP contribution in [0.4, 0.5) is 0 Å². The van der Waals surface area contributed by atoms with E-state index in [4.69, 9.17) is 10.8 Å². The normalized spacial score (nSPS) is 17.4. The monoisotopic (exact) mass is 181 g/mol. The minimum atomic E-state index is -1.61. The first-order valence-electron chi connectivity index (χ1n) is 2.80. The Balaban J connectivity index is 3.80. The lowest BCUT2D eigenvalue weighted by Gasteiger charge is -2.08. The number of hydrogen-bond donors (Lipinski definition) is 2. The third-order valence-corrected chi connectivity index (χ3v) is 2.53. The summed E-state index contributed by atoms with van der Waals surface area (Å²) < 4.78 is 20.3. The third-order valence-electron chi connectivity index (χ3n) is 1.01. The van der Waals surface area contributed by atoms with Crippen molar-refractivity contribution in [3.63, 3.8) is 0 Å². The zero-order chi connectivity index (χ0) is 8.04. The van der Waals surface area contributed by atoms with Crippen molar-refractivity contribution in [2.75, 3.05) is 6.54 Å². The van der Waals surface area contributed by atoms with E-state index in [2.05, 4.69) is 0 Å². The largest absolute Gasteiger partial charge is 0.368 e. The molecule has 4 nitrogen and oxygen atoms in total. The molecule has 10 heavy (non-hydrogen) atoms. The molecular formula is C4H9NO3P2. The summed E-state index contributed by atoms with van der Waals surface area (Å²) in [6.45, 7) is 0.396. The Hall–Kier alpha value is 0.120. The Morgan fingerprint density at radius 3 is 2.20 bits per heavy atom. The molecule has 0 rings (SSSR count). The van der Waals surface area contributed by atoms with Crippen molar-refractivity contribution in [3.05, 3.63) is 0 Å². The van der Waals surface area contributed by atoms with Crippen LogP contribution >= 0.6 is 16.9 Å². The third kappa shape index (κ3) is 3.33. The molecule has 0 aliphatic carbocycles. The summed E-state index contributed by atoms with van der Waals surface area (Å²) in [6.07, 6.45) is 0.709. The van der Waals surface area contributed by atoms with Gasteiger partial charge in [0.05, 0.1) is 0 Å². The summed E-state index contributed by atoms with van der Waals surface area (Å²) in [5, 5.41) is 7.44. The van der Waals surface area contributed by atoms with E-state index < -0.39 is 22.0 Å². The Labute approximate surface area is 62.2 Å². The molecule has 0 saturated carbocycles. The van der Waals surface area contributed by atoms with Crippen molar-refractivity contribution in [3.8, 4) is 0 Å². The summed E-state index contributed by atoms with van der Waals surface area (Å²) in [5.74, 6) is 0. The lowest BCUT2D eigenvalue weighted by molar-refractivity contribution is 0.202. The highest BCUT2D eigenvalue weighted by atomic mass is 31.1. The van der Waals surface area contributed by atoms with E-state index >= 15 is 0 Å². The van der Waals surface area contributed by atoms with Gasteiger partial charge in [0.15, 0.2) is 0 Å². The van der Waals surface area contributed by atoms with Gasteiger partial charge in [-0.15, -0.1) is 0 Å². The van der Waals surface area contributed by atoms with Crippen molar-refractivity contribution in [2.24, 2.45) is 5.73 Å². The van der Waals surface area contributed by atoms with Crippen LogP contribution in [0.5, 0.6) is 0 Å². The molecule has 3 N–H and O–H groups in total. The summed E-state index contributed by atoms with van der Waals surface area (Å²) in [5.41, 5.74) is 5.12. The molecule has 0 heterocycles. The fourth-order valence-electron chi connectivity index (χ4n) is 0.447. The predicted molar refractivity (Wildman–Crippen MR) is 38.5 cm³/mol. The van der Waals surface area contributed by atoms with E-state index in [0.717, 1.165) is 0 Å². The van der Waals surface area contributed by atoms with Crippen LogP contribution in [0.1, 0.15) is 12.8 Å². The molecule has 0 fully saturated rings. The number of aliphatic hydroxyl groups is 1. The van der Waals surface area contributed by atoms with Gasteiger partial charge in [0.2, 0.25) is 22.0 Å². The summed E-state index contributed by atoms with van der Waals surface area (Å²) in [6, 6.07) is 0. The van der Waals surface area contributed by atoms with E-state index in [-0.39, 0.29) is 6.42 Å². The fourth-order valence-corrected chi connectivity index (χ4v) is 1.08. The second kappa shape index (κ2) is 4.86. The highest BCUT2D eigenvalue weighted by Crippen LogP contribution is 2.35. The van der Waals surface area contributed by atoms with Crippen LogP contribution in [0, 0.1) is 0 Å². The van der Waals surface area contributed by atoms with Crippen molar-refractivity contribution < 1.29 is 14.2 Å². The van der Waals surface area contributed by atoms with E-state index in [0.29, 0.717) is 13.0 Å². The summed E-state index contributed by atoms with van der Waals surface area (Å²) in [4.78, 5) is 0. The van der Waals surface area contributed by atoms with Crippen LogP contribution < -0.4 is 5.73 Å². The molecule has 0 saturated heterocycles. The molecule has 0 aromatic heterocycles. The quantitative estimate of drug-likeness (QED) is 0.618. The van der Waals surface area contributed by atoms with Crippen LogP contribution in [0.15, 0.2) is 0 Å². The molecule has 0 aromatic rings. The smallest absolute Gasteiger partial charge is 0.224 e. The minimum absolute atomic E-state index is 0.194. The molecule has 0 radical (unpaired) electrons. The molecule has 0 bridgehead atoms. The zero-order valence-corrected chi connectivity index (χ0v) is 7.15. The van der Waals surface area contributed by atoms with Gasteiger partial charge in [0.1, 0.15) is 0 Å². The SMILES string of the molecule is NCCCC(O)(P=O)P=O. The highest BCUT2D eigenvalue weighted by Gasteiger charge is 2.27. The first kappa shape index (κ1) is 10.1. The van der Waals surface area contributed by atoms with Crippen LogP contribution in [-0.2, 0) is 9.13 Å². The van der Waals surface area contributed by atoms with Gasteiger partial charge in [0.25, 0.3) is 0 Å². The maximum absolute atomic E-state index is 10.2. The van der Waals surface area contributed by atoms with Crippen LogP contribution in [-0.4, -0.2) is 16.7 Å². The average Bonchev–Trinajstić information content (AvgIpc) is 2.00. The molecule has 0 aliphatic rings. The first-order valence-corrected chi connectivity index (χ1v) is 4.42. The van der Waals surface area contributed by atoms with Gasteiger partial charge in [-0.2, -0.15) is 0 Å². The molecule has 0 unspecified atom stereocenters. The van der Waals surface area contributed by atoms with Gasteiger partial charge in [-0.25, -0.2) is 0 Å². The van der Waals surface area contributed by atoms with Crippen molar-refractivity contribution >= 4 is 16.9 Å². The van der Waals surface area contributed by atoms with Gasteiger partial charge < -0.3 is 10.8 Å². The Morgan fingerprint density at radius 2 is 1.90 bits per heavy atom. The van der Waals surface area contributed by atoms with Crippen molar-refractivity contribution in [1.82, 2.24) is 0 Å². The summed E-state index contributed by atoms with van der Waals surface area (Å²) in [7, 11) is -1.03. The number of hydrogen-bond acceptors (Lipinski definition) is 4. The Kier molecular flexibility index (Phi) is 4.92. The highest BCUT2D eigenvalue weighted by molar-refractivity contribution is 7.45. The Bertz CT molecular complexity index is 122. The number of nitrogens with two attached hydrogens (primary N) is 1. The van der Waals surface area contributed by atoms with Crippen molar-refractivity contribution in [2.45, 2.75) is 17.9 Å². The van der Waals surface area contributed by atoms with Gasteiger partial charge in [-0.1, -0.05) is 0 Å². The van der Waals surface area contributed by atoms with E-state index in [1.807, 2.05) is 0 Å². The van der Waals surface area contributed by atoms with Crippen LogP contribution in [0.25, 0.3) is 0 Å². The molecular weight excluding hydrogens is 172 g/mol. The Morgan fingerprint density at radius 1 is 1.40 bits per heavy atom. The lowest BCUT2D eigenvalue weighted by atomic mass is 10.3. The molecule has 0 aromatic carbocycles. The maximum Gasteiger partial charge on any atom is 0.224 e. The minimum Gasteiger partial charge on any atom is -0.368 e. The van der Waals surface area contributed by atoms with Crippen LogP contribution in [0.3, 0.4) is 0 Å². The topological polar surface area (TPSA) is 80.4 Å². The first-order chi connectivity index (χ1) is 4.68. The fraction of sp³-hybridized carbons (Fsp3) is 1.00. The molecule has 0 aliphatic heterocycles. The molecule has 0 spiro atoms. The lowest BCUT2D eigenvalue weighted by Crippen LogP contribution is -2.13. The van der Waals surface area contributed by atoms with E-state index in [1.165, 1.54) is 0 Å². The zero-order valence-electron chi connectivity index (χ0n) is 5.36. The van der Waals surface area contributed by atoms with E-state index in [1.54, 1.807) is 0 Å². The second-order valence-corrected chi connectivity index (χ2v) is 4.05. The van der Waals surface area contributed by atoms with Gasteiger partial charge >= 0.3 is 0 Å². The number of rotatable bonds is 5. The summed E-state index contributed by atoms with van der Waals surface area (Å²) >= 11 is 0. The van der Waals surface area contributed by atoms with Gasteiger partial charge in [0, 0.05) is 0 Å². The molecule has 0 atom stereocenters. The standard InChI is InChI=1S/C4H9NO3P2/c5-3-1-2-4(6,9-7)10-8/h6H,1-3,5H2. The predicted octanol–water partition coefficient (Wildman–Crippen LogP) is 0.955. The van der Waals surface area contributed by atoms with Gasteiger partial charge in [-0.3, -0.25) is 9.13 Å².